The van der Waals surface area contributed by atoms with Crippen LogP contribution in [0, 0.1) is 0 Å². The van der Waals surface area contributed by atoms with Crippen LogP contribution in [-0.4, -0.2) is 55.5 Å². The van der Waals surface area contributed by atoms with Crippen LogP contribution in [0.1, 0.15) is 19.3 Å². The summed E-state index contributed by atoms with van der Waals surface area (Å²) in [5.74, 6) is -0.554. The first-order valence-electron chi connectivity index (χ1n) is 9.21. The molecular formula is C20H21N3O4S. The van der Waals surface area contributed by atoms with Crippen molar-refractivity contribution < 1.29 is 18.0 Å². The van der Waals surface area contributed by atoms with Gasteiger partial charge in [-0.3, -0.25) is 9.59 Å². The summed E-state index contributed by atoms with van der Waals surface area (Å²) in [7, 11) is -1.47. The van der Waals surface area contributed by atoms with Crippen molar-refractivity contribution in [3.8, 4) is 0 Å². The molecule has 146 valence electrons. The summed E-state index contributed by atoms with van der Waals surface area (Å²) in [5, 5.41) is 7.59. The molecule has 2 aliphatic rings. The normalized spacial score (nSPS) is 21.6. The van der Waals surface area contributed by atoms with Crippen LogP contribution in [0.2, 0.25) is 0 Å². The van der Waals surface area contributed by atoms with Crippen molar-refractivity contribution in [2.75, 3.05) is 23.5 Å². The molecule has 0 radical (unpaired) electrons. The van der Waals surface area contributed by atoms with Gasteiger partial charge in [0.15, 0.2) is 9.84 Å². The lowest BCUT2D eigenvalue weighted by molar-refractivity contribution is -0.133. The predicted molar refractivity (Wildman–Crippen MR) is 108 cm³/mol. The minimum atomic E-state index is -3.14. The van der Waals surface area contributed by atoms with Crippen molar-refractivity contribution in [2.45, 2.75) is 25.3 Å². The minimum Gasteiger partial charge on any atom is -0.310 e. The highest BCUT2D eigenvalue weighted by Crippen LogP contribution is 2.25. The second-order valence-electron chi connectivity index (χ2n) is 7.24. The standard InChI is InChI=1S/C20H21N3O4S/c1-22(16-7-6-14-4-2-3-5-15(14)12-16)20(25)18-8-9-19(24)23(21-18)17-10-11-28(26,27)13-17/h2-7,12,17H,8-11,13H2,1H3/t17-/m0/s1. The maximum atomic E-state index is 13.0. The average Bonchev–Trinajstić information content (AvgIpc) is 3.06. The van der Waals surface area contributed by atoms with E-state index in [2.05, 4.69) is 5.10 Å². The fourth-order valence-corrected chi connectivity index (χ4v) is 5.37. The summed E-state index contributed by atoms with van der Waals surface area (Å²) in [6.45, 7) is 0. The number of rotatable bonds is 3. The Kier molecular flexibility index (Phi) is 4.66. The van der Waals surface area contributed by atoms with E-state index in [-0.39, 0.29) is 41.9 Å². The smallest absolute Gasteiger partial charge is 0.274 e. The lowest BCUT2D eigenvalue weighted by Gasteiger charge is -2.29. The Morgan fingerprint density at radius 3 is 2.61 bits per heavy atom. The van der Waals surface area contributed by atoms with Gasteiger partial charge < -0.3 is 4.90 Å². The first kappa shape index (κ1) is 18.6. The van der Waals surface area contributed by atoms with Gasteiger partial charge in [0, 0.05) is 25.6 Å². The fraction of sp³-hybridized carbons (Fsp3) is 0.350. The molecule has 0 spiro atoms. The summed E-state index contributed by atoms with van der Waals surface area (Å²) >= 11 is 0. The first-order chi connectivity index (χ1) is 13.3. The van der Waals surface area contributed by atoms with E-state index in [1.54, 1.807) is 7.05 Å². The molecule has 1 atom stereocenters. The average molecular weight is 399 g/mol. The number of benzene rings is 2. The summed E-state index contributed by atoms with van der Waals surface area (Å²) in [6, 6.07) is 13.2. The first-order valence-corrected chi connectivity index (χ1v) is 11.0. The van der Waals surface area contributed by atoms with E-state index < -0.39 is 15.9 Å². The third-order valence-electron chi connectivity index (χ3n) is 5.29. The van der Waals surface area contributed by atoms with Crippen molar-refractivity contribution in [3.63, 3.8) is 0 Å². The highest BCUT2D eigenvalue weighted by molar-refractivity contribution is 7.91. The summed E-state index contributed by atoms with van der Waals surface area (Å²) in [5.41, 5.74) is 1.01. The van der Waals surface area contributed by atoms with E-state index in [1.807, 2.05) is 42.5 Å². The van der Waals surface area contributed by atoms with E-state index in [9.17, 15) is 18.0 Å². The molecule has 0 aromatic heterocycles. The second kappa shape index (κ2) is 7.01. The number of carbonyl (C=O) groups excluding carboxylic acids is 2. The van der Waals surface area contributed by atoms with Gasteiger partial charge in [-0.2, -0.15) is 5.10 Å². The Bertz CT molecular complexity index is 1090. The molecule has 0 unspecified atom stereocenters. The Labute approximate surface area is 163 Å². The van der Waals surface area contributed by atoms with Gasteiger partial charge in [-0.05, 0) is 29.3 Å². The molecule has 0 aliphatic carbocycles. The predicted octanol–water partition coefficient (Wildman–Crippen LogP) is 1.97. The Hall–Kier alpha value is -2.74. The molecule has 1 saturated heterocycles. The molecule has 2 aromatic rings. The topological polar surface area (TPSA) is 87.1 Å². The highest BCUT2D eigenvalue weighted by atomic mass is 32.2. The molecule has 2 amide bonds. The van der Waals surface area contributed by atoms with Gasteiger partial charge in [0.25, 0.3) is 5.91 Å². The van der Waals surface area contributed by atoms with Gasteiger partial charge >= 0.3 is 0 Å². The summed E-state index contributed by atoms with van der Waals surface area (Å²) in [6.07, 6.45) is 0.776. The van der Waals surface area contributed by atoms with Gasteiger partial charge in [-0.15, -0.1) is 0 Å². The van der Waals surface area contributed by atoms with Crippen molar-refractivity contribution in [1.29, 1.82) is 0 Å². The monoisotopic (exact) mass is 399 g/mol. The number of carbonyl (C=O) groups is 2. The molecule has 0 bridgehead atoms. The summed E-state index contributed by atoms with van der Waals surface area (Å²) in [4.78, 5) is 26.7. The quantitative estimate of drug-likeness (QED) is 0.790. The van der Waals surface area contributed by atoms with Gasteiger partial charge in [0.2, 0.25) is 5.91 Å². The minimum absolute atomic E-state index is 0.0528. The fourth-order valence-electron chi connectivity index (χ4n) is 3.68. The Balaban J connectivity index is 1.58. The van der Waals surface area contributed by atoms with E-state index in [1.165, 1.54) is 9.91 Å². The van der Waals surface area contributed by atoms with E-state index >= 15 is 0 Å². The van der Waals surface area contributed by atoms with Crippen LogP contribution < -0.4 is 4.90 Å². The molecule has 28 heavy (non-hydrogen) atoms. The number of anilines is 1. The second-order valence-corrected chi connectivity index (χ2v) is 9.47. The number of hydrazone groups is 1. The number of hydrogen-bond acceptors (Lipinski definition) is 5. The highest BCUT2D eigenvalue weighted by Gasteiger charge is 2.37. The van der Waals surface area contributed by atoms with Crippen molar-refractivity contribution >= 4 is 43.8 Å². The molecule has 1 fully saturated rings. The molecule has 7 nitrogen and oxygen atoms in total. The lowest BCUT2D eigenvalue weighted by Crippen LogP contribution is -2.44. The lowest BCUT2D eigenvalue weighted by atomic mass is 10.1. The van der Waals surface area contributed by atoms with Gasteiger partial charge in [0.1, 0.15) is 5.71 Å². The Morgan fingerprint density at radius 2 is 1.89 bits per heavy atom. The van der Waals surface area contributed by atoms with Crippen LogP contribution in [0.5, 0.6) is 0 Å². The van der Waals surface area contributed by atoms with Crippen LogP contribution in [0.15, 0.2) is 47.6 Å². The molecule has 0 N–H and O–H groups in total. The number of fused-ring (bicyclic) bond motifs is 1. The molecule has 2 aromatic carbocycles. The molecule has 0 saturated carbocycles. The van der Waals surface area contributed by atoms with Crippen molar-refractivity contribution in [2.24, 2.45) is 5.10 Å². The SMILES string of the molecule is CN(C(=O)C1=NN([C@H]2CCS(=O)(=O)C2)C(=O)CC1)c1ccc2ccccc2c1. The zero-order valence-corrected chi connectivity index (χ0v) is 16.4. The zero-order valence-electron chi connectivity index (χ0n) is 15.5. The molecule has 2 aliphatic heterocycles. The van der Waals surface area contributed by atoms with Crippen LogP contribution in [-0.2, 0) is 19.4 Å². The molecular weight excluding hydrogens is 378 g/mol. The van der Waals surface area contributed by atoms with Crippen molar-refractivity contribution in [1.82, 2.24) is 5.01 Å². The third kappa shape index (κ3) is 3.52. The maximum Gasteiger partial charge on any atom is 0.274 e. The molecule has 8 heteroatoms. The van der Waals surface area contributed by atoms with Gasteiger partial charge in [-0.25, -0.2) is 13.4 Å². The third-order valence-corrected chi connectivity index (χ3v) is 7.04. The van der Waals surface area contributed by atoms with Crippen LogP contribution in [0.4, 0.5) is 5.69 Å². The Morgan fingerprint density at radius 1 is 1.14 bits per heavy atom. The molecule has 4 rings (SSSR count). The van der Waals surface area contributed by atoms with Crippen LogP contribution in [0.25, 0.3) is 10.8 Å². The summed E-state index contributed by atoms with van der Waals surface area (Å²) < 4.78 is 23.5. The zero-order chi connectivity index (χ0) is 19.9. The number of hydrogen-bond donors (Lipinski definition) is 0. The number of amides is 2. The maximum absolute atomic E-state index is 13.0. The number of sulfone groups is 1. The van der Waals surface area contributed by atoms with Gasteiger partial charge in [-0.1, -0.05) is 30.3 Å². The number of nitrogens with zero attached hydrogens (tertiary/aromatic N) is 3. The van der Waals surface area contributed by atoms with Crippen LogP contribution in [0.3, 0.4) is 0 Å². The van der Waals surface area contributed by atoms with E-state index in [0.717, 1.165) is 16.5 Å². The van der Waals surface area contributed by atoms with E-state index in [4.69, 9.17) is 0 Å². The van der Waals surface area contributed by atoms with E-state index in [0.29, 0.717) is 6.42 Å². The van der Waals surface area contributed by atoms with Gasteiger partial charge in [0.05, 0.1) is 17.5 Å². The van der Waals surface area contributed by atoms with Crippen LogP contribution >= 0.6 is 0 Å². The molecule has 2 heterocycles. The largest absolute Gasteiger partial charge is 0.310 e. The van der Waals surface area contributed by atoms with Crippen molar-refractivity contribution in [3.05, 3.63) is 42.5 Å².